The minimum absolute atomic E-state index is 0.0642. The van der Waals surface area contributed by atoms with Crippen LogP contribution in [0.4, 0.5) is 0 Å². The molecule has 0 aromatic carbocycles. The van der Waals surface area contributed by atoms with Crippen molar-refractivity contribution in [1.82, 2.24) is 5.32 Å². The molecule has 3 unspecified atom stereocenters. The van der Waals surface area contributed by atoms with E-state index in [9.17, 15) is 19.8 Å². The molecule has 0 aromatic heterocycles. The van der Waals surface area contributed by atoms with Gasteiger partial charge < -0.3 is 20.3 Å². The van der Waals surface area contributed by atoms with Crippen LogP contribution in [-0.4, -0.2) is 46.9 Å². The molecule has 54 heavy (non-hydrogen) atoms. The highest BCUT2D eigenvalue weighted by Gasteiger charge is 2.24. The first-order valence-electron chi connectivity index (χ1n) is 23.2. The van der Waals surface area contributed by atoms with Gasteiger partial charge in [-0.2, -0.15) is 0 Å². The SMILES string of the molecule is CC/C=C/C/C=C/CCCCCCCCCC(=O)OC(CCCCC/C=C\CCC)CC(=O)NC(CO)C(O)CCCCCCCCCCCCCCC. The summed E-state index contributed by atoms with van der Waals surface area (Å²) in [6, 6.07) is -0.703. The standard InChI is InChI=1S/C48H89NO5/c1-4-7-10-13-16-19-21-23-25-27-29-32-35-38-41-48(53)54-44(39-36-33-30-18-15-12-9-6-3)42-47(52)49-45(43-50)46(51)40-37-34-31-28-26-24-22-20-17-14-11-8-5-2/h7,10,12,15-16,19,44-46,50-51H,4-6,8-9,11,13-14,17-18,20-43H2,1-3H3,(H,49,52)/b10-7+,15-12-,19-16+. The summed E-state index contributed by atoms with van der Waals surface area (Å²) in [6.07, 6.45) is 47.8. The molecule has 3 atom stereocenters. The fraction of sp³-hybridized carbons (Fsp3) is 0.833. The summed E-state index contributed by atoms with van der Waals surface area (Å²) in [6.45, 7) is 6.29. The maximum Gasteiger partial charge on any atom is 0.306 e. The van der Waals surface area contributed by atoms with Crippen LogP contribution in [0.3, 0.4) is 0 Å². The molecule has 0 aliphatic carbocycles. The number of allylic oxidation sites excluding steroid dienone is 6. The maximum absolute atomic E-state index is 13.1. The lowest BCUT2D eigenvalue weighted by molar-refractivity contribution is -0.151. The molecule has 0 bridgehead atoms. The monoisotopic (exact) mass is 760 g/mol. The van der Waals surface area contributed by atoms with E-state index < -0.39 is 18.2 Å². The second-order valence-electron chi connectivity index (χ2n) is 15.8. The normalized spacial score (nSPS) is 13.6. The highest BCUT2D eigenvalue weighted by Crippen LogP contribution is 2.17. The van der Waals surface area contributed by atoms with Gasteiger partial charge in [0, 0.05) is 6.42 Å². The van der Waals surface area contributed by atoms with Gasteiger partial charge in [-0.3, -0.25) is 9.59 Å². The summed E-state index contributed by atoms with van der Waals surface area (Å²) in [5.41, 5.74) is 0. The molecule has 6 nitrogen and oxygen atoms in total. The number of unbranched alkanes of at least 4 members (excludes halogenated alkanes) is 23. The number of amides is 1. The van der Waals surface area contributed by atoms with Crippen molar-refractivity contribution >= 4 is 11.9 Å². The summed E-state index contributed by atoms with van der Waals surface area (Å²) in [5, 5.41) is 23.6. The van der Waals surface area contributed by atoms with Gasteiger partial charge in [-0.25, -0.2) is 0 Å². The molecular weight excluding hydrogens is 671 g/mol. The Bertz CT molecular complexity index is 900. The first kappa shape index (κ1) is 52.1. The van der Waals surface area contributed by atoms with Crippen LogP contribution >= 0.6 is 0 Å². The van der Waals surface area contributed by atoms with Crippen LogP contribution in [0.15, 0.2) is 36.5 Å². The zero-order valence-corrected chi connectivity index (χ0v) is 35.9. The predicted molar refractivity (Wildman–Crippen MR) is 232 cm³/mol. The van der Waals surface area contributed by atoms with Crippen molar-refractivity contribution in [1.29, 1.82) is 0 Å². The summed E-state index contributed by atoms with van der Waals surface area (Å²) in [7, 11) is 0. The van der Waals surface area contributed by atoms with Crippen molar-refractivity contribution in [2.24, 2.45) is 0 Å². The quantitative estimate of drug-likeness (QED) is 0.0328. The minimum atomic E-state index is -0.789. The van der Waals surface area contributed by atoms with E-state index in [0.29, 0.717) is 19.3 Å². The zero-order valence-electron chi connectivity index (χ0n) is 35.9. The van der Waals surface area contributed by atoms with Gasteiger partial charge in [-0.15, -0.1) is 0 Å². The van der Waals surface area contributed by atoms with Gasteiger partial charge in [0.25, 0.3) is 0 Å². The fourth-order valence-corrected chi connectivity index (χ4v) is 6.94. The van der Waals surface area contributed by atoms with E-state index >= 15 is 0 Å². The molecule has 6 heteroatoms. The fourth-order valence-electron chi connectivity index (χ4n) is 6.94. The predicted octanol–water partition coefficient (Wildman–Crippen LogP) is 13.3. The molecule has 316 valence electrons. The van der Waals surface area contributed by atoms with Gasteiger partial charge in [0.1, 0.15) is 6.10 Å². The van der Waals surface area contributed by atoms with Gasteiger partial charge in [-0.1, -0.05) is 186 Å². The number of aliphatic hydroxyl groups excluding tert-OH is 2. The number of esters is 1. The highest BCUT2D eigenvalue weighted by molar-refractivity contribution is 5.77. The average molecular weight is 760 g/mol. The molecule has 0 saturated carbocycles. The minimum Gasteiger partial charge on any atom is -0.462 e. The van der Waals surface area contributed by atoms with Gasteiger partial charge in [0.15, 0.2) is 0 Å². The average Bonchev–Trinajstić information content (AvgIpc) is 3.16. The third-order valence-electron chi connectivity index (χ3n) is 10.4. The molecule has 0 radical (unpaired) electrons. The first-order valence-corrected chi connectivity index (χ1v) is 23.2. The van der Waals surface area contributed by atoms with Gasteiger partial charge in [0.2, 0.25) is 5.91 Å². The number of carbonyl (C=O) groups excluding carboxylic acids is 2. The van der Waals surface area contributed by atoms with Crippen molar-refractivity contribution in [3.63, 3.8) is 0 Å². The number of hydrogen-bond donors (Lipinski definition) is 3. The second-order valence-corrected chi connectivity index (χ2v) is 15.8. The van der Waals surface area contributed by atoms with Crippen LogP contribution in [0.1, 0.15) is 233 Å². The van der Waals surface area contributed by atoms with Crippen molar-refractivity contribution < 1.29 is 24.5 Å². The number of nitrogens with one attached hydrogen (secondary N) is 1. The Morgan fingerprint density at radius 1 is 0.556 bits per heavy atom. The van der Waals surface area contributed by atoms with Crippen molar-refractivity contribution in [2.75, 3.05) is 6.61 Å². The summed E-state index contributed by atoms with van der Waals surface area (Å²) >= 11 is 0. The largest absolute Gasteiger partial charge is 0.462 e. The van der Waals surface area contributed by atoms with Gasteiger partial charge in [0.05, 0.1) is 25.2 Å². The molecule has 0 aliphatic rings. The lowest BCUT2D eigenvalue weighted by atomic mass is 10.0. The van der Waals surface area contributed by atoms with Crippen molar-refractivity contribution in [3.05, 3.63) is 36.5 Å². The van der Waals surface area contributed by atoms with Crippen LogP contribution in [0.25, 0.3) is 0 Å². The Hall–Kier alpha value is -1.92. The third-order valence-corrected chi connectivity index (χ3v) is 10.4. The highest BCUT2D eigenvalue weighted by atomic mass is 16.5. The lowest BCUT2D eigenvalue weighted by Crippen LogP contribution is -2.46. The maximum atomic E-state index is 13.1. The zero-order chi connectivity index (χ0) is 39.6. The topological polar surface area (TPSA) is 95.9 Å². The Morgan fingerprint density at radius 3 is 1.61 bits per heavy atom. The molecule has 3 N–H and O–H groups in total. The Labute approximate surface area is 334 Å². The molecule has 0 aromatic rings. The van der Waals surface area contributed by atoms with Crippen LogP contribution < -0.4 is 5.32 Å². The van der Waals surface area contributed by atoms with E-state index in [1.165, 1.54) is 89.9 Å². The second kappa shape index (κ2) is 42.2. The molecule has 0 fully saturated rings. The molecule has 0 saturated heterocycles. The van der Waals surface area contributed by atoms with Crippen LogP contribution in [0.2, 0.25) is 0 Å². The van der Waals surface area contributed by atoms with Gasteiger partial charge >= 0.3 is 5.97 Å². The van der Waals surface area contributed by atoms with Crippen LogP contribution in [0.5, 0.6) is 0 Å². The number of carbonyl (C=O) groups is 2. The van der Waals surface area contributed by atoms with E-state index in [2.05, 4.69) is 62.5 Å². The Morgan fingerprint density at radius 2 is 1.04 bits per heavy atom. The number of aliphatic hydroxyl groups is 2. The summed E-state index contributed by atoms with van der Waals surface area (Å²) < 4.78 is 5.87. The number of ether oxygens (including phenoxy) is 1. The number of rotatable bonds is 41. The molecule has 0 rings (SSSR count). The van der Waals surface area contributed by atoms with E-state index in [0.717, 1.165) is 96.3 Å². The van der Waals surface area contributed by atoms with E-state index in [-0.39, 0.29) is 24.9 Å². The lowest BCUT2D eigenvalue weighted by Gasteiger charge is -2.24. The van der Waals surface area contributed by atoms with E-state index in [1.54, 1.807) is 0 Å². The van der Waals surface area contributed by atoms with Gasteiger partial charge in [-0.05, 0) is 70.6 Å². The molecule has 1 amide bonds. The van der Waals surface area contributed by atoms with Crippen molar-refractivity contribution in [2.45, 2.75) is 251 Å². The molecule has 0 aliphatic heterocycles. The molecule has 0 heterocycles. The molecular formula is C48H89NO5. The smallest absolute Gasteiger partial charge is 0.306 e. The van der Waals surface area contributed by atoms with Crippen LogP contribution in [0, 0.1) is 0 Å². The molecule has 0 spiro atoms. The summed E-state index contributed by atoms with van der Waals surface area (Å²) in [5.74, 6) is -0.500. The van der Waals surface area contributed by atoms with Crippen molar-refractivity contribution in [3.8, 4) is 0 Å². The van der Waals surface area contributed by atoms with Crippen LogP contribution in [-0.2, 0) is 14.3 Å². The van der Waals surface area contributed by atoms with E-state index in [4.69, 9.17) is 4.74 Å². The first-order chi connectivity index (χ1) is 26.5. The van der Waals surface area contributed by atoms with E-state index in [1.807, 2.05) is 0 Å². The Balaban J connectivity index is 4.47. The summed E-state index contributed by atoms with van der Waals surface area (Å²) in [4.78, 5) is 25.9. The Kier molecular flexibility index (Phi) is 40.7. The number of hydrogen-bond acceptors (Lipinski definition) is 5. The third kappa shape index (κ3) is 37.0.